The van der Waals surface area contributed by atoms with Gasteiger partial charge in [0.1, 0.15) is 0 Å². The molecule has 158 valence electrons. The second kappa shape index (κ2) is 9.48. The van der Waals surface area contributed by atoms with E-state index in [2.05, 4.69) is 10.2 Å². The van der Waals surface area contributed by atoms with Gasteiger partial charge in [-0.25, -0.2) is 0 Å². The molecule has 2 amide bonds. The van der Waals surface area contributed by atoms with Gasteiger partial charge in [0.25, 0.3) is 0 Å². The van der Waals surface area contributed by atoms with Crippen molar-refractivity contribution < 1.29 is 9.59 Å². The fourth-order valence-electron chi connectivity index (χ4n) is 5.09. The molecule has 1 unspecified atom stereocenters. The first-order chi connectivity index (χ1) is 14.1. The molecule has 1 aromatic carbocycles. The van der Waals surface area contributed by atoms with Gasteiger partial charge in [0.2, 0.25) is 11.8 Å². The molecule has 3 fully saturated rings. The van der Waals surface area contributed by atoms with Gasteiger partial charge in [0.05, 0.1) is 5.92 Å². The zero-order chi connectivity index (χ0) is 20.2. The summed E-state index contributed by atoms with van der Waals surface area (Å²) >= 11 is 6.05. The third kappa shape index (κ3) is 5.32. The third-order valence-corrected chi connectivity index (χ3v) is 7.03. The first-order valence-corrected chi connectivity index (χ1v) is 11.5. The molecule has 1 saturated carbocycles. The van der Waals surface area contributed by atoms with E-state index in [1.165, 1.54) is 38.6 Å². The van der Waals surface area contributed by atoms with Crippen LogP contribution in [0.1, 0.15) is 51.4 Å². The van der Waals surface area contributed by atoms with Gasteiger partial charge in [-0.05, 0) is 49.8 Å². The van der Waals surface area contributed by atoms with Gasteiger partial charge in [-0.1, -0.05) is 36.9 Å². The molecule has 29 heavy (non-hydrogen) atoms. The molecular formula is C23H32ClN3O2. The molecule has 1 aromatic rings. The van der Waals surface area contributed by atoms with E-state index in [0.717, 1.165) is 37.5 Å². The van der Waals surface area contributed by atoms with Crippen LogP contribution in [-0.4, -0.2) is 48.9 Å². The Morgan fingerprint density at radius 2 is 1.86 bits per heavy atom. The summed E-state index contributed by atoms with van der Waals surface area (Å²) in [6, 6.07) is 7.50. The van der Waals surface area contributed by atoms with Crippen molar-refractivity contribution in [3.8, 4) is 0 Å². The summed E-state index contributed by atoms with van der Waals surface area (Å²) in [5.74, 6) is 0.613. The van der Waals surface area contributed by atoms with Gasteiger partial charge in [-0.15, -0.1) is 0 Å². The molecule has 0 radical (unpaired) electrons. The Morgan fingerprint density at radius 3 is 2.59 bits per heavy atom. The van der Waals surface area contributed by atoms with Crippen molar-refractivity contribution in [2.75, 3.05) is 31.1 Å². The standard InChI is InChI=1S/C23H32ClN3O2/c24-19-7-4-8-21(14-19)27-16-18(13-22(27)28)23(29)25-20-9-11-26(12-10-20)15-17-5-2-1-3-6-17/h4,7-8,14,17-18,20H,1-3,5-6,9-13,15-16H2,(H,25,29). The number of carbonyl (C=O) groups is 2. The highest BCUT2D eigenvalue weighted by molar-refractivity contribution is 6.31. The molecule has 1 aliphatic carbocycles. The van der Waals surface area contributed by atoms with E-state index >= 15 is 0 Å². The highest BCUT2D eigenvalue weighted by Gasteiger charge is 2.36. The van der Waals surface area contributed by atoms with Crippen molar-refractivity contribution in [1.29, 1.82) is 0 Å². The number of likely N-dealkylation sites (tertiary alicyclic amines) is 1. The number of benzene rings is 1. The lowest BCUT2D eigenvalue weighted by Crippen LogP contribution is -2.47. The lowest BCUT2D eigenvalue weighted by molar-refractivity contribution is -0.127. The molecule has 4 rings (SSSR count). The fraction of sp³-hybridized carbons (Fsp3) is 0.652. The van der Waals surface area contributed by atoms with Crippen molar-refractivity contribution in [3.63, 3.8) is 0 Å². The van der Waals surface area contributed by atoms with Crippen LogP contribution in [0.15, 0.2) is 24.3 Å². The average Bonchev–Trinajstić information content (AvgIpc) is 3.12. The maximum atomic E-state index is 12.8. The molecule has 6 heteroatoms. The first kappa shape index (κ1) is 20.7. The van der Waals surface area contributed by atoms with Crippen LogP contribution in [0.4, 0.5) is 5.69 Å². The number of anilines is 1. The highest BCUT2D eigenvalue weighted by atomic mass is 35.5. The smallest absolute Gasteiger partial charge is 0.227 e. The molecular weight excluding hydrogens is 386 g/mol. The summed E-state index contributed by atoms with van der Waals surface area (Å²) in [5.41, 5.74) is 0.772. The Morgan fingerprint density at radius 1 is 1.10 bits per heavy atom. The predicted octanol–water partition coefficient (Wildman–Crippen LogP) is 3.85. The second-order valence-electron chi connectivity index (χ2n) is 8.97. The van der Waals surface area contributed by atoms with E-state index < -0.39 is 0 Å². The highest BCUT2D eigenvalue weighted by Crippen LogP contribution is 2.28. The molecule has 1 N–H and O–H groups in total. The number of hydrogen-bond donors (Lipinski definition) is 1. The summed E-state index contributed by atoms with van der Waals surface area (Å²) in [6.07, 6.45) is 9.26. The van der Waals surface area contributed by atoms with Crippen LogP contribution >= 0.6 is 11.6 Å². The van der Waals surface area contributed by atoms with Crippen molar-refractivity contribution in [2.45, 2.75) is 57.4 Å². The molecule has 2 saturated heterocycles. The number of halogens is 1. The summed E-state index contributed by atoms with van der Waals surface area (Å²) in [7, 11) is 0. The van der Waals surface area contributed by atoms with E-state index in [-0.39, 0.29) is 30.2 Å². The van der Waals surface area contributed by atoms with E-state index in [9.17, 15) is 9.59 Å². The molecule has 2 heterocycles. The van der Waals surface area contributed by atoms with E-state index in [1.54, 1.807) is 17.0 Å². The van der Waals surface area contributed by atoms with Gasteiger partial charge in [-0.2, -0.15) is 0 Å². The maximum absolute atomic E-state index is 12.8. The molecule has 0 bridgehead atoms. The lowest BCUT2D eigenvalue weighted by atomic mass is 9.88. The molecule has 0 spiro atoms. The van der Waals surface area contributed by atoms with Crippen LogP contribution in [0.2, 0.25) is 5.02 Å². The molecule has 3 aliphatic rings. The number of nitrogens with one attached hydrogen (secondary N) is 1. The van der Waals surface area contributed by atoms with Crippen LogP contribution in [0.25, 0.3) is 0 Å². The number of nitrogens with zero attached hydrogens (tertiary/aromatic N) is 2. The minimum absolute atomic E-state index is 0.00489. The van der Waals surface area contributed by atoms with E-state index in [0.29, 0.717) is 11.6 Å². The molecule has 0 aromatic heterocycles. The van der Waals surface area contributed by atoms with E-state index in [4.69, 9.17) is 11.6 Å². The van der Waals surface area contributed by atoms with Gasteiger partial charge >= 0.3 is 0 Å². The van der Waals surface area contributed by atoms with Crippen LogP contribution < -0.4 is 10.2 Å². The zero-order valence-corrected chi connectivity index (χ0v) is 17.9. The molecule has 5 nitrogen and oxygen atoms in total. The van der Waals surface area contributed by atoms with Crippen LogP contribution in [-0.2, 0) is 9.59 Å². The third-order valence-electron chi connectivity index (χ3n) is 6.79. The minimum Gasteiger partial charge on any atom is -0.353 e. The number of hydrogen-bond acceptors (Lipinski definition) is 3. The zero-order valence-electron chi connectivity index (χ0n) is 17.1. The fourth-order valence-corrected chi connectivity index (χ4v) is 5.28. The topological polar surface area (TPSA) is 52.7 Å². The van der Waals surface area contributed by atoms with Crippen LogP contribution in [0.3, 0.4) is 0 Å². The van der Waals surface area contributed by atoms with Crippen LogP contribution in [0, 0.1) is 11.8 Å². The Balaban J connectivity index is 1.23. The van der Waals surface area contributed by atoms with Crippen molar-refractivity contribution in [2.24, 2.45) is 11.8 Å². The Labute approximate surface area is 178 Å². The SMILES string of the molecule is O=C(NC1CCN(CC2CCCCC2)CC1)C1CC(=O)N(c2cccc(Cl)c2)C1. The predicted molar refractivity (Wildman–Crippen MR) is 116 cm³/mol. The van der Waals surface area contributed by atoms with Gasteiger partial charge in [0.15, 0.2) is 0 Å². The number of carbonyl (C=O) groups excluding carboxylic acids is 2. The molecule has 2 aliphatic heterocycles. The van der Waals surface area contributed by atoms with Crippen molar-refractivity contribution >= 4 is 29.1 Å². The van der Waals surface area contributed by atoms with Crippen molar-refractivity contribution in [3.05, 3.63) is 29.3 Å². The number of piperidine rings is 1. The maximum Gasteiger partial charge on any atom is 0.227 e. The van der Waals surface area contributed by atoms with Gasteiger partial charge < -0.3 is 15.1 Å². The summed E-state index contributed by atoms with van der Waals surface area (Å²) < 4.78 is 0. The number of amides is 2. The lowest BCUT2D eigenvalue weighted by Gasteiger charge is -2.35. The molecule has 1 atom stereocenters. The van der Waals surface area contributed by atoms with E-state index in [1.807, 2.05) is 12.1 Å². The first-order valence-electron chi connectivity index (χ1n) is 11.2. The second-order valence-corrected chi connectivity index (χ2v) is 9.41. The number of rotatable bonds is 5. The minimum atomic E-state index is -0.276. The summed E-state index contributed by atoms with van der Waals surface area (Å²) in [6.45, 7) is 3.80. The van der Waals surface area contributed by atoms with Crippen LogP contribution in [0.5, 0.6) is 0 Å². The summed E-state index contributed by atoms with van der Waals surface area (Å²) in [5, 5.41) is 3.82. The average molecular weight is 418 g/mol. The quantitative estimate of drug-likeness (QED) is 0.791. The Bertz CT molecular complexity index is 727. The Hall–Kier alpha value is -1.59. The van der Waals surface area contributed by atoms with Crippen molar-refractivity contribution in [1.82, 2.24) is 10.2 Å². The normalized spacial score (nSPS) is 24.8. The summed E-state index contributed by atoms with van der Waals surface area (Å²) in [4.78, 5) is 29.5. The Kier molecular flexibility index (Phi) is 6.76. The monoisotopic (exact) mass is 417 g/mol. The van der Waals surface area contributed by atoms with Gasteiger partial charge in [0, 0.05) is 49.4 Å². The largest absolute Gasteiger partial charge is 0.353 e. The van der Waals surface area contributed by atoms with Gasteiger partial charge in [-0.3, -0.25) is 9.59 Å².